The minimum absolute atomic E-state index is 0.109. The molecule has 108 valence electrons. The van der Waals surface area contributed by atoms with Crippen LogP contribution in [-0.2, 0) is 4.79 Å². The lowest BCUT2D eigenvalue weighted by atomic mass is 10.2. The van der Waals surface area contributed by atoms with Crippen molar-refractivity contribution in [1.82, 2.24) is 10.6 Å². The van der Waals surface area contributed by atoms with Crippen molar-refractivity contribution in [2.75, 3.05) is 6.54 Å². The number of carbonyl (C=O) groups excluding carboxylic acids is 2. The minimum Gasteiger partial charge on any atom is -0.505 e. The summed E-state index contributed by atoms with van der Waals surface area (Å²) in [6, 6.07) is 3.48. The number of carbonyl (C=O) groups is 2. The van der Waals surface area contributed by atoms with Crippen molar-refractivity contribution in [1.29, 1.82) is 0 Å². The quantitative estimate of drug-likeness (QED) is 0.778. The molecule has 3 N–H and O–H groups in total. The van der Waals surface area contributed by atoms with E-state index in [0.717, 1.165) is 37.8 Å². The number of amides is 2. The van der Waals surface area contributed by atoms with E-state index in [0.29, 0.717) is 0 Å². The van der Waals surface area contributed by atoms with Gasteiger partial charge in [0.1, 0.15) is 0 Å². The van der Waals surface area contributed by atoms with Gasteiger partial charge in [0.15, 0.2) is 11.6 Å². The Morgan fingerprint density at radius 3 is 2.65 bits per heavy atom. The summed E-state index contributed by atoms with van der Waals surface area (Å²) in [7, 11) is 0. The molecular weight excluding hydrogens is 263 g/mol. The molecule has 2 rings (SSSR count). The van der Waals surface area contributed by atoms with Crippen LogP contribution < -0.4 is 10.6 Å². The second-order valence-electron chi connectivity index (χ2n) is 4.90. The molecule has 1 fully saturated rings. The molecule has 0 aliphatic heterocycles. The maximum Gasteiger partial charge on any atom is 0.251 e. The highest BCUT2D eigenvalue weighted by Crippen LogP contribution is 2.17. The standard InChI is InChI=1S/C14H17FN2O3/c15-11-6-5-9(7-12(11)18)14(20)16-8-13(19)17-10-3-1-2-4-10/h5-7,10,18H,1-4,8H2,(H,16,20)(H,17,19). The molecule has 0 saturated heterocycles. The van der Waals surface area contributed by atoms with Crippen molar-refractivity contribution in [2.24, 2.45) is 0 Å². The Kier molecular flexibility index (Phi) is 4.55. The minimum atomic E-state index is -0.791. The average Bonchev–Trinajstić information content (AvgIpc) is 2.92. The fourth-order valence-electron chi connectivity index (χ4n) is 2.27. The van der Waals surface area contributed by atoms with Crippen LogP contribution >= 0.6 is 0 Å². The highest BCUT2D eigenvalue weighted by atomic mass is 19.1. The predicted octanol–water partition coefficient (Wildman–Crippen LogP) is 1.32. The Hall–Kier alpha value is -2.11. The van der Waals surface area contributed by atoms with E-state index in [2.05, 4.69) is 10.6 Å². The predicted molar refractivity (Wildman–Crippen MR) is 70.8 cm³/mol. The van der Waals surface area contributed by atoms with Crippen molar-refractivity contribution in [3.63, 3.8) is 0 Å². The van der Waals surface area contributed by atoms with Gasteiger partial charge >= 0.3 is 0 Å². The Bertz CT molecular complexity index is 513. The molecule has 0 spiro atoms. The first-order valence-corrected chi connectivity index (χ1v) is 6.62. The van der Waals surface area contributed by atoms with Gasteiger partial charge in [-0.3, -0.25) is 9.59 Å². The van der Waals surface area contributed by atoms with Gasteiger partial charge in [-0.25, -0.2) is 4.39 Å². The lowest BCUT2D eigenvalue weighted by Gasteiger charge is -2.12. The van der Waals surface area contributed by atoms with Crippen molar-refractivity contribution in [3.8, 4) is 5.75 Å². The monoisotopic (exact) mass is 280 g/mol. The third-order valence-electron chi connectivity index (χ3n) is 3.34. The van der Waals surface area contributed by atoms with E-state index in [1.807, 2.05) is 0 Å². The van der Waals surface area contributed by atoms with Crippen molar-refractivity contribution in [3.05, 3.63) is 29.6 Å². The fraction of sp³-hybridized carbons (Fsp3) is 0.429. The summed E-state index contributed by atoms with van der Waals surface area (Å²) in [5.41, 5.74) is 0.109. The van der Waals surface area contributed by atoms with Crippen molar-refractivity contribution < 1.29 is 19.1 Å². The van der Waals surface area contributed by atoms with Gasteiger partial charge in [-0.1, -0.05) is 12.8 Å². The molecule has 0 heterocycles. The van der Waals surface area contributed by atoms with Gasteiger partial charge in [0, 0.05) is 11.6 Å². The van der Waals surface area contributed by atoms with E-state index < -0.39 is 17.5 Å². The zero-order valence-corrected chi connectivity index (χ0v) is 11.0. The first-order valence-electron chi connectivity index (χ1n) is 6.62. The maximum atomic E-state index is 12.9. The van der Waals surface area contributed by atoms with Gasteiger partial charge < -0.3 is 15.7 Å². The largest absolute Gasteiger partial charge is 0.505 e. The summed E-state index contributed by atoms with van der Waals surface area (Å²) >= 11 is 0. The number of benzene rings is 1. The summed E-state index contributed by atoms with van der Waals surface area (Å²) in [5, 5.41) is 14.5. The summed E-state index contributed by atoms with van der Waals surface area (Å²) in [5.74, 6) is -2.15. The van der Waals surface area contributed by atoms with Crippen LogP contribution in [0, 0.1) is 5.82 Å². The van der Waals surface area contributed by atoms with Crippen LogP contribution in [0.25, 0.3) is 0 Å². The van der Waals surface area contributed by atoms with Gasteiger partial charge in [0.05, 0.1) is 6.54 Å². The number of nitrogens with one attached hydrogen (secondary N) is 2. The third kappa shape index (κ3) is 3.69. The molecule has 0 bridgehead atoms. The Balaban J connectivity index is 1.81. The second kappa shape index (κ2) is 6.36. The molecule has 0 aromatic heterocycles. The summed E-state index contributed by atoms with van der Waals surface area (Å²) in [4.78, 5) is 23.3. The Morgan fingerprint density at radius 2 is 2.00 bits per heavy atom. The number of phenols is 1. The van der Waals surface area contributed by atoms with E-state index in [1.54, 1.807) is 0 Å². The molecule has 0 atom stereocenters. The van der Waals surface area contributed by atoms with Crippen molar-refractivity contribution >= 4 is 11.8 Å². The van der Waals surface area contributed by atoms with Gasteiger partial charge in [0.25, 0.3) is 5.91 Å². The molecule has 20 heavy (non-hydrogen) atoms. The average molecular weight is 280 g/mol. The Morgan fingerprint density at radius 1 is 1.30 bits per heavy atom. The number of halogens is 1. The molecule has 2 amide bonds. The zero-order chi connectivity index (χ0) is 14.5. The van der Waals surface area contributed by atoms with Crippen LogP contribution in [0.1, 0.15) is 36.0 Å². The summed E-state index contributed by atoms with van der Waals surface area (Å²) in [6.45, 7) is -0.131. The molecule has 1 aromatic rings. The first-order chi connectivity index (χ1) is 9.56. The van der Waals surface area contributed by atoms with Crippen molar-refractivity contribution in [2.45, 2.75) is 31.7 Å². The van der Waals surface area contributed by atoms with Gasteiger partial charge in [0.2, 0.25) is 5.91 Å². The second-order valence-corrected chi connectivity index (χ2v) is 4.90. The molecule has 6 heteroatoms. The smallest absolute Gasteiger partial charge is 0.251 e. The molecule has 0 unspecified atom stereocenters. The van der Waals surface area contributed by atoms with E-state index in [9.17, 15) is 19.1 Å². The number of phenolic OH excluding ortho intramolecular Hbond substituents is 1. The zero-order valence-electron chi connectivity index (χ0n) is 11.0. The van der Waals surface area contributed by atoms with E-state index in [4.69, 9.17) is 0 Å². The number of hydrogen-bond donors (Lipinski definition) is 3. The van der Waals surface area contributed by atoms with Crippen LogP contribution in [0.2, 0.25) is 0 Å². The third-order valence-corrected chi connectivity index (χ3v) is 3.34. The van der Waals surface area contributed by atoms with Gasteiger partial charge in [-0.05, 0) is 31.0 Å². The molecule has 0 radical (unpaired) electrons. The van der Waals surface area contributed by atoms with E-state index >= 15 is 0 Å². The lowest BCUT2D eigenvalue weighted by molar-refractivity contribution is -0.120. The summed E-state index contributed by atoms with van der Waals surface area (Å²) < 4.78 is 12.9. The first kappa shape index (κ1) is 14.3. The normalized spacial score (nSPS) is 15.1. The van der Waals surface area contributed by atoms with E-state index in [-0.39, 0.29) is 24.1 Å². The van der Waals surface area contributed by atoms with Gasteiger partial charge in [-0.2, -0.15) is 0 Å². The van der Waals surface area contributed by atoms with Crippen LogP contribution in [0.3, 0.4) is 0 Å². The van der Waals surface area contributed by atoms with Crippen LogP contribution in [-0.4, -0.2) is 29.5 Å². The highest BCUT2D eigenvalue weighted by molar-refractivity contribution is 5.96. The topological polar surface area (TPSA) is 78.4 Å². The number of rotatable bonds is 4. The maximum absolute atomic E-state index is 12.9. The van der Waals surface area contributed by atoms with E-state index in [1.165, 1.54) is 6.07 Å². The SMILES string of the molecule is O=C(CNC(=O)c1ccc(F)c(O)c1)NC1CCCC1. The van der Waals surface area contributed by atoms with Crippen LogP contribution in [0.15, 0.2) is 18.2 Å². The summed E-state index contributed by atoms with van der Waals surface area (Å²) in [6.07, 6.45) is 4.19. The molecule has 1 saturated carbocycles. The van der Waals surface area contributed by atoms with Gasteiger partial charge in [-0.15, -0.1) is 0 Å². The number of hydrogen-bond acceptors (Lipinski definition) is 3. The highest BCUT2D eigenvalue weighted by Gasteiger charge is 2.17. The fourth-order valence-corrected chi connectivity index (χ4v) is 2.27. The van der Waals surface area contributed by atoms with Crippen LogP contribution in [0.4, 0.5) is 4.39 Å². The number of aromatic hydroxyl groups is 1. The lowest BCUT2D eigenvalue weighted by Crippen LogP contribution is -2.40. The molecule has 1 aliphatic carbocycles. The molecule has 5 nitrogen and oxygen atoms in total. The molecule has 1 aliphatic rings. The Labute approximate surface area is 116 Å². The molecule has 1 aromatic carbocycles. The molecular formula is C14H17FN2O3. The van der Waals surface area contributed by atoms with Crippen LogP contribution in [0.5, 0.6) is 5.75 Å².